The van der Waals surface area contributed by atoms with Gasteiger partial charge in [-0.1, -0.05) is 6.07 Å². The highest BCUT2D eigenvalue weighted by Gasteiger charge is 2.12. The van der Waals surface area contributed by atoms with Gasteiger partial charge >= 0.3 is 5.97 Å². The number of fused-ring (bicyclic) bond motifs is 1. The highest BCUT2D eigenvalue weighted by atomic mass is 19.1. The van der Waals surface area contributed by atoms with E-state index in [1.807, 2.05) is 6.07 Å². The fourth-order valence-electron chi connectivity index (χ4n) is 2.26. The highest BCUT2D eigenvalue weighted by molar-refractivity contribution is 5.94. The predicted octanol–water partition coefficient (Wildman–Crippen LogP) is 3.00. The first-order valence-corrected chi connectivity index (χ1v) is 6.07. The molecule has 0 fully saturated rings. The van der Waals surface area contributed by atoms with Crippen LogP contribution in [0.3, 0.4) is 0 Å². The molecule has 0 amide bonds. The van der Waals surface area contributed by atoms with Gasteiger partial charge in [-0.2, -0.15) is 0 Å². The summed E-state index contributed by atoms with van der Waals surface area (Å²) >= 11 is 0. The monoisotopic (exact) mass is 270 g/mol. The molecule has 100 valence electrons. The molecule has 0 bridgehead atoms. The van der Waals surface area contributed by atoms with E-state index in [2.05, 4.69) is 9.97 Å². The van der Waals surface area contributed by atoms with Crippen molar-refractivity contribution in [2.24, 2.45) is 0 Å². The number of halogens is 1. The number of H-pyrrole nitrogens is 1. The smallest absolute Gasteiger partial charge is 0.307 e. The molecule has 0 saturated heterocycles. The van der Waals surface area contributed by atoms with Crippen molar-refractivity contribution in [3.63, 3.8) is 0 Å². The predicted molar refractivity (Wildman–Crippen MR) is 72.8 cm³/mol. The van der Waals surface area contributed by atoms with Crippen molar-refractivity contribution >= 4 is 16.9 Å². The maximum atomic E-state index is 14.0. The molecule has 0 aliphatic heterocycles. The Bertz CT molecular complexity index is 795. The molecule has 0 aliphatic rings. The van der Waals surface area contributed by atoms with Crippen LogP contribution in [-0.4, -0.2) is 21.0 Å². The van der Waals surface area contributed by atoms with Gasteiger partial charge in [-0.05, 0) is 23.8 Å². The molecule has 0 saturated carbocycles. The fraction of sp³-hybridized carbons (Fsp3) is 0.0667. The first-order valence-electron chi connectivity index (χ1n) is 6.07. The molecule has 1 aromatic carbocycles. The first kappa shape index (κ1) is 12.3. The molecule has 2 heterocycles. The lowest BCUT2D eigenvalue weighted by molar-refractivity contribution is -0.136. The number of aromatic amines is 1. The van der Waals surface area contributed by atoms with Crippen molar-refractivity contribution in [3.8, 4) is 11.1 Å². The average Bonchev–Trinajstić information content (AvgIpc) is 2.88. The largest absolute Gasteiger partial charge is 0.481 e. The Morgan fingerprint density at radius 1 is 1.25 bits per heavy atom. The topological polar surface area (TPSA) is 66.0 Å². The first-order chi connectivity index (χ1) is 9.65. The molecule has 20 heavy (non-hydrogen) atoms. The number of pyridine rings is 1. The molecule has 5 heteroatoms. The number of aliphatic carboxylic acids is 1. The average molecular weight is 270 g/mol. The Morgan fingerprint density at radius 3 is 2.90 bits per heavy atom. The van der Waals surface area contributed by atoms with E-state index in [1.54, 1.807) is 24.7 Å². The number of hydrogen-bond acceptors (Lipinski definition) is 2. The van der Waals surface area contributed by atoms with E-state index in [0.717, 1.165) is 10.9 Å². The Labute approximate surface area is 113 Å². The summed E-state index contributed by atoms with van der Waals surface area (Å²) in [5.41, 5.74) is 2.38. The Balaban J connectivity index is 2.18. The van der Waals surface area contributed by atoms with Crippen molar-refractivity contribution in [2.45, 2.75) is 6.42 Å². The summed E-state index contributed by atoms with van der Waals surface area (Å²) in [4.78, 5) is 17.9. The second-order valence-corrected chi connectivity index (χ2v) is 4.51. The highest BCUT2D eigenvalue weighted by Crippen LogP contribution is 2.30. The van der Waals surface area contributed by atoms with Crippen LogP contribution < -0.4 is 0 Å². The fourth-order valence-corrected chi connectivity index (χ4v) is 2.26. The number of nitrogens with zero attached hydrogens (tertiary/aromatic N) is 1. The Kier molecular flexibility index (Phi) is 2.95. The molecule has 0 aliphatic carbocycles. The number of hydrogen-bond donors (Lipinski definition) is 2. The van der Waals surface area contributed by atoms with Crippen molar-refractivity contribution in [1.29, 1.82) is 0 Å². The molecular formula is C15H11FN2O2. The molecule has 2 N–H and O–H groups in total. The van der Waals surface area contributed by atoms with Crippen LogP contribution in [0.15, 0.2) is 42.9 Å². The van der Waals surface area contributed by atoms with Gasteiger partial charge in [-0.15, -0.1) is 0 Å². The maximum Gasteiger partial charge on any atom is 0.307 e. The zero-order valence-corrected chi connectivity index (χ0v) is 10.4. The Morgan fingerprint density at radius 2 is 2.10 bits per heavy atom. The molecular weight excluding hydrogens is 259 g/mol. The van der Waals surface area contributed by atoms with E-state index >= 15 is 0 Å². The van der Waals surface area contributed by atoms with Gasteiger partial charge < -0.3 is 10.1 Å². The number of aromatic nitrogens is 2. The summed E-state index contributed by atoms with van der Waals surface area (Å²) in [6.07, 6.45) is 4.87. The van der Waals surface area contributed by atoms with E-state index in [-0.39, 0.29) is 6.42 Å². The van der Waals surface area contributed by atoms with E-state index in [4.69, 9.17) is 5.11 Å². The van der Waals surface area contributed by atoms with Crippen LogP contribution in [0.4, 0.5) is 4.39 Å². The summed E-state index contributed by atoms with van der Waals surface area (Å²) in [6.45, 7) is 0. The molecule has 0 atom stereocenters. The summed E-state index contributed by atoms with van der Waals surface area (Å²) in [5.74, 6) is -1.34. The van der Waals surface area contributed by atoms with E-state index in [1.165, 1.54) is 12.1 Å². The molecule has 0 unspecified atom stereocenters. The normalized spacial score (nSPS) is 10.8. The van der Waals surface area contributed by atoms with Crippen LogP contribution >= 0.6 is 0 Å². The van der Waals surface area contributed by atoms with Crippen molar-refractivity contribution < 1.29 is 14.3 Å². The van der Waals surface area contributed by atoms with E-state index in [0.29, 0.717) is 16.7 Å². The van der Waals surface area contributed by atoms with Gasteiger partial charge in [0.2, 0.25) is 0 Å². The van der Waals surface area contributed by atoms with Crippen LogP contribution in [-0.2, 0) is 11.2 Å². The summed E-state index contributed by atoms with van der Waals surface area (Å²) < 4.78 is 14.0. The summed E-state index contributed by atoms with van der Waals surface area (Å²) in [5, 5.41) is 9.68. The number of nitrogens with one attached hydrogen (secondary N) is 1. The van der Waals surface area contributed by atoms with Crippen LogP contribution in [0.2, 0.25) is 0 Å². The lowest BCUT2D eigenvalue weighted by Gasteiger charge is -2.07. The third-order valence-corrected chi connectivity index (χ3v) is 3.15. The van der Waals surface area contributed by atoms with Crippen LogP contribution in [0, 0.1) is 5.82 Å². The van der Waals surface area contributed by atoms with Gasteiger partial charge in [-0.3, -0.25) is 9.78 Å². The van der Waals surface area contributed by atoms with Gasteiger partial charge in [0.05, 0.1) is 18.1 Å². The standard InChI is InChI=1S/C15H11FN2O2/c16-13-2-1-9(6-15(19)20)5-11(13)12-7-17-8-14-10(12)3-4-18-14/h1-5,7-8,18H,6H2,(H,19,20). The zero-order chi connectivity index (χ0) is 14.1. The van der Waals surface area contributed by atoms with Gasteiger partial charge in [0.25, 0.3) is 0 Å². The van der Waals surface area contributed by atoms with Crippen LogP contribution in [0.5, 0.6) is 0 Å². The van der Waals surface area contributed by atoms with Crippen molar-refractivity contribution in [3.05, 3.63) is 54.2 Å². The lowest BCUT2D eigenvalue weighted by Crippen LogP contribution is -2.00. The Hall–Kier alpha value is -2.69. The van der Waals surface area contributed by atoms with Gasteiger partial charge in [0.15, 0.2) is 0 Å². The van der Waals surface area contributed by atoms with Crippen molar-refractivity contribution in [2.75, 3.05) is 0 Å². The maximum absolute atomic E-state index is 14.0. The third-order valence-electron chi connectivity index (χ3n) is 3.15. The summed E-state index contributed by atoms with van der Waals surface area (Å²) in [7, 11) is 0. The number of benzene rings is 1. The molecule has 2 aromatic heterocycles. The molecule has 3 rings (SSSR count). The number of carboxylic acids is 1. The van der Waals surface area contributed by atoms with Gasteiger partial charge in [0.1, 0.15) is 5.82 Å². The number of carboxylic acid groups (broad SMARTS) is 1. The molecule has 4 nitrogen and oxygen atoms in total. The second kappa shape index (κ2) is 4.77. The minimum absolute atomic E-state index is 0.135. The second-order valence-electron chi connectivity index (χ2n) is 4.51. The van der Waals surface area contributed by atoms with Crippen LogP contribution in [0.1, 0.15) is 5.56 Å². The minimum Gasteiger partial charge on any atom is -0.481 e. The lowest BCUT2D eigenvalue weighted by atomic mass is 10.00. The van der Waals surface area contributed by atoms with E-state index < -0.39 is 11.8 Å². The van der Waals surface area contributed by atoms with Crippen molar-refractivity contribution in [1.82, 2.24) is 9.97 Å². The summed E-state index contributed by atoms with van der Waals surface area (Å²) in [6, 6.07) is 6.18. The molecule has 0 spiro atoms. The number of carbonyl (C=O) groups is 1. The SMILES string of the molecule is O=C(O)Cc1ccc(F)c(-c2cncc3[nH]ccc23)c1. The third kappa shape index (κ3) is 2.14. The number of rotatable bonds is 3. The van der Waals surface area contributed by atoms with Gasteiger partial charge in [0, 0.05) is 28.9 Å². The van der Waals surface area contributed by atoms with E-state index in [9.17, 15) is 9.18 Å². The molecule has 3 aromatic rings. The zero-order valence-electron chi connectivity index (χ0n) is 10.4. The van der Waals surface area contributed by atoms with Crippen LogP contribution in [0.25, 0.3) is 22.0 Å². The minimum atomic E-state index is -0.944. The van der Waals surface area contributed by atoms with Gasteiger partial charge in [-0.25, -0.2) is 4.39 Å². The quantitative estimate of drug-likeness (QED) is 0.768. The molecule has 0 radical (unpaired) electrons.